The molecule has 11 heavy (non-hydrogen) atoms. The Hall–Kier alpha value is -0.610. The molecule has 0 unspecified atom stereocenters. The van der Waals surface area contributed by atoms with Crippen molar-refractivity contribution in [1.29, 1.82) is 0 Å². The Bertz CT molecular complexity index is 341. The van der Waals surface area contributed by atoms with E-state index in [4.69, 9.17) is 4.52 Å². The number of thiophene rings is 1. The molecule has 0 fully saturated rings. The van der Waals surface area contributed by atoms with Gasteiger partial charge in [0.2, 0.25) is 0 Å². The van der Waals surface area contributed by atoms with Crippen LogP contribution in [0.5, 0.6) is 0 Å². The second-order valence-corrected chi connectivity index (χ2v) is 3.75. The van der Waals surface area contributed by atoms with Gasteiger partial charge in [0.05, 0.1) is 4.88 Å². The molecule has 4 heteroatoms. The van der Waals surface area contributed by atoms with Crippen LogP contribution < -0.4 is 0 Å². The standard InChI is InChI=1S/C7H4BrNOS/c8-7-4-5(10-9-7)6-2-1-3-11-6/h1-4H. The van der Waals surface area contributed by atoms with Crippen LogP contribution in [0.3, 0.4) is 0 Å². The molecule has 0 N–H and O–H groups in total. The van der Waals surface area contributed by atoms with Gasteiger partial charge in [-0.2, -0.15) is 0 Å². The van der Waals surface area contributed by atoms with Crippen LogP contribution in [0.1, 0.15) is 0 Å². The van der Waals surface area contributed by atoms with Crippen LogP contribution >= 0.6 is 27.3 Å². The summed E-state index contributed by atoms with van der Waals surface area (Å²) in [6.45, 7) is 0. The molecular weight excluding hydrogens is 226 g/mol. The van der Waals surface area contributed by atoms with Crippen molar-refractivity contribution < 1.29 is 4.52 Å². The van der Waals surface area contributed by atoms with E-state index in [-0.39, 0.29) is 0 Å². The van der Waals surface area contributed by atoms with Crippen molar-refractivity contribution in [3.8, 4) is 10.6 Å². The molecule has 0 aliphatic rings. The third kappa shape index (κ3) is 1.36. The number of nitrogens with zero attached hydrogens (tertiary/aromatic N) is 1. The highest BCUT2D eigenvalue weighted by Crippen LogP contribution is 2.26. The Morgan fingerprint density at radius 1 is 1.55 bits per heavy atom. The van der Waals surface area contributed by atoms with E-state index >= 15 is 0 Å². The van der Waals surface area contributed by atoms with Gasteiger partial charge in [0.1, 0.15) is 4.60 Å². The van der Waals surface area contributed by atoms with Crippen molar-refractivity contribution in [3.63, 3.8) is 0 Å². The van der Waals surface area contributed by atoms with Gasteiger partial charge in [0, 0.05) is 6.07 Å². The lowest BCUT2D eigenvalue weighted by Crippen LogP contribution is -1.59. The van der Waals surface area contributed by atoms with Gasteiger partial charge in [-0.15, -0.1) is 11.3 Å². The third-order valence-electron chi connectivity index (χ3n) is 1.25. The predicted molar refractivity (Wildman–Crippen MR) is 47.5 cm³/mol. The molecule has 0 atom stereocenters. The number of hydrogen-bond acceptors (Lipinski definition) is 3. The van der Waals surface area contributed by atoms with Gasteiger partial charge in [-0.1, -0.05) is 11.2 Å². The maximum atomic E-state index is 5.02. The van der Waals surface area contributed by atoms with Crippen molar-refractivity contribution in [2.45, 2.75) is 0 Å². The highest BCUT2D eigenvalue weighted by Gasteiger charge is 2.04. The first kappa shape index (κ1) is 7.06. The smallest absolute Gasteiger partial charge is 0.177 e. The van der Waals surface area contributed by atoms with E-state index in [1.165, 1.54) is 0 Å². The van der Waals surface area contributed by atoms with Gasteiger partial charge in [0.25, 0.3) is 0 Å². The van der Waals surface area contributed by atoms with Crippen LogP contribution in [0.2, 0.25) is 0 Å². The lowest BCUT2D eigenvalue weighted by molar-refractivity contribution is 0.428. The largest absolute Gasteiger partial charge is 0.354 e. The molecule has 0 amide bonds. The fraction of sp³-hybridized carbons (Fsp3) is 0. The number of hydrogen-bond donors (Lipinski definition) is 0. The Kier molecular flexibility index (Phi) is 1.79. The monoisotopic (exact) mass is 229 g/mol. The second kappa shape index (κ2) is 2.79. The van der Waals surface area contributed by atoms with Gasteiger partial charge in [-0.05, 0) is 27.4 Å². The third-order valence-corrected chi connectivity index (χ3v) is 2.50. The normalized spacial score (nSPS) is 10.3. The van der Waals surface area contributed by atoms with Crippen molar-refractivity contribution in [1.82, 2.24) is 5.16 Å². The summed E-state index contributed by atoms with van der Waals surface area (Å²) in [7, 11) is 0. The highest BCUT2D eigenvalue weighted by molar-refractivity contribution is 9.10. The summed E-state index contributed by atoms with van der Waals surface area (Å²) >= 11 is 4.85. The van der Waals surface area contributed by atoms with Crippen LogP contribution in [0.4, 0.5) is 0 Å². The Balaban J connectivity index is 2.45. The molecule has 2 heterocycles. The zero-order chi connectivity index (χ0) is 7.68. The maximum absolute atomic E-state index is 5.02. The second-order valence-electron chi connectivity index (χ2n) is 1.99. The summed E-state index contributed by atoms with van der Waals surface area (Å²) < 4.78 is 5.76. The Labute approximate surface area is 76.0 Å². The first-order valence-corrected chi connectivity index (χ1v) is 4.69. The lowest BCUT2D eigenvalue weighted by Gasteiger charge is -1.82. The summed E-state index contributed by atoms with van der Waals surface area (Å²) in [5.41, 5.74) is 0. The zero-order valence-corrected chi connectivity index (χ0v) is 7.85. The molecule has 0 bridgehead atoms. The molecule has 0 radical (unpaired) electrons. The summed E-state index contributed by atoms with van der Waals surface area (Å²) in [4.78, 5) is 1.10. The van der Waals surface area contributed by atoms with E-state index in [0.29, 0.717) is 0 Å². The van der Waals surface area contributed by atoms with Gasteiger partial charge < -0.3 is 4.52 Å². The van der Waals surface area contributed by atoms with Gasteiger partial charge >= 0.3 is 0 Å². The molecule has 0 aliphatic heterocycles. The van der Waals surface area contributed by atoms with E-state index in [0.717, 1.165) is 15.2 Å². The molecule has 2 aromatic heterocycles. The van der Waals surface area contributed by atoms with E-state index in [2.05, 4.69) is 21.1 Å². The molecule has 56 valence electrons. The summed E-state index contributed by atoms with van der Waals surface area (Å²) in [5, 5.41) is 5.73. The maximum Gasteiger partial charge on any atom is 0.177 e. The molecule has 0 spiro atoms. The van der Waals surface area contributed by atoms with Crippen LogP contribution in [-0.4, -0.2) is 5.16 Å². The average molecular weight is 230 g/mol. The van der Waals surface area contributed by atoms with Crippen molar-refractivity contribution in [3.05, 3.63) is 28.2 Å². The number of aromatic nitrogens is 1. The SMILES string of the molecule is Brc1cc(-c2cccs2)on1. The molecular formula is C7H4BrNOS. The van der Waals surface area contributed by atoms with E-state index in [9.17, 15) is 0 Å². The molecule has 2 aromatic rings. The fourth-order valence-corrected chi connectivity index (χ4v) is 1.74. The zero-order valence-electron chi connectivity index (χ0n) is 5.45. The van der Waals surface area contributed by atoms with Crippen LogP contribution in [-0.2, 0) is 0 Å². The van der Waals surface area contributed by atoms with Gasteiger partial charge in [0.15, 0.2) is 5.76 Å². The Morgan fingerprint density at radius 2 is 2.45 bits per heavy atom. The number of halogens is 1. The fourth-order valence-electron chi connectivity index (χ4n) is 0.789. The predicted octanol–water partition coefficient (Wildman–Crippen LogP) is 3.17. The quantitative estimate of drug-likeness (QED) is 0.751. The Morgan fingerprint density at radius 3 is 3.00 bits per heavy atom. The van der Waals surface area contributed by atoms with Crippen molar-refractivity contribution >= 4 is 27.3 Å². The summed E-state index contributed by atoms with van der Waals surface area (Å²) in [5.74, 6) is 0.812. The van der Waals surface area contributed by atoms with E-state index in [1.807, 2.05) is 23.6 Å². The molecule has 2 rings (SSSR count). The summed E-state index contributed by atoms with van der Waals surface area (Å²) in [6, 6.07) is 5.83. The molecule has 2 nitrogen and oxygen atoms in total. The van der Waals surface area contributed by atoms with E-state index in [1.54, 1.807) is 11.3 Å². The molecule has 0 saturated heterocycles. The number of rotatable bonds is 1. The van der Waals surface area contributed by atoms with Crippen LogP contribution in [0.25, 0.3) is 10.6 Å². The van der Waals surface area contributed by atoms with Crippen LogP contribution in [0, 0.1) is 0 Å². The van der Waals surface area contributed by atoms with Gasteiger partial charge in [-0.3, -0.25) is 0 Å². The minimum Gasteiger partial charge on any atom is -0.354 e. The van der Waals surface area contributed by atoms with Crippen molar-refractivity contribution in [2.24, 2.45) is 0 Å². The topological polar surface area (TPSA) is 26.0 Å². The summed E-state index contributed by atoms with van der Waals surface area (Å²) in [6.07, 6.45) is 0. The minimum absolute atomic E-state index is 0.737. The van der Waals surface area contributed by atoms with E-state index < -0.39 is 0 Å². The molecule has 0 aliphatic carbocycles. The average Bonchev–Trinajstić information content (AvgIpc) is 2.55. The molecule has 0 saturated carbocycles. The highest BCUT2D eigenvalue weighted by atomic mass is 79.9. The van der Waals surface area contributed by atoms with Crippen LogP contribution in [0.15, 0.2) is 32.7 Å². The van der Waals surface area contributed by atoms with Gasteiger partial charge in [-0.25, -0.2) is 0 Å². The minimum atomic E-state index is 0.737. The first-order chi connectivity index (χ1) is 5.36. The molecule has 0 aromatic carbocycles. The van der Waals surface area contributed by atoms with Crippen molar-refractivity contribution in [2.75, 3.05) is 0 Å². The lowest BCUT2D eigenvalue weighted by atomic mass is 10.4. The first-order valence-electron chi connectivity index (χ1n) is 3.02.